The van der Waals surface area contributed by atoms with Crippen molar-refractivity contribution >= 4 is 61.7 Å². The van der Waals surface area contributed by atoms with Crippen molar-refractivity contribution < 1.29 is 15.0 Å². The van der Waals surface area contributed by atoms with E-state index in [4.69, 9.17) is 11.1 Å². The molecule has 0 saturated carbocycles. The number of nitrogens with two attached hydrogens (primary N) is 2. The van der Waals surface area contributed by atoms with Gasteiger partial charge < -0.3 is 9.13 Å². The average molecular weight is 459 g/mol. The minimum atomic E-state index is -0.369. The Morgan fingerprint density at radius 1 is 0.939 bits per heavy atom. The van der Waals surface area contributed by atoms with Crippen molar-refractivity contribution in [3.8, 4) is 0 Å². The van der Waals surface area contributed by atoms with Gasteiger partial charge in [-0.3, -0.25) is 26.0 Å². The number of aryl methyl sites for hydroxylation is 2. The second kappa shape index (κ2) is 8.29. The Bertz CT molecular complexity index is 1480. The van der Waals surface area contributed by atoms with Crippen LogP contribution in [0.3, 0.4) is 0 Å². The predicted molar refractivity (Wildman–Crippen MR) is 133 cm³/mol. The van der Waals surface area contributed by atoms with E-state index < -0.39 is 0 Å². The number of benzene rings is 2. The first-order valence-electron chi connectivity index (χ1n) is 10.7. The van der Waals surface area contributed by atoms with Crippen LogP contribution < -0.4 is 16.5 Å². The molecule has 166 valence electrons. The van der Waals surface area contributed by atoms with Crippen molar-refractivity contribution in [2.75, 3.05) is 5.75 Å². The number of carbonyl (C=O) groups is 2. The van der Waals surface area contributed by atoms with Gasteiger partial charge in [-0.1, -0.05) is 36.4 Å². The number of rotatable bonds is 6. The molecule has 3 heterocycles. The van der Waals surface area contributed by atoms with E-state index in [2.05, 4.69) is 9.88 Å². The lowest BCUT2D eigenvalue weighted by Gasteiger charge is -2.04. The van der Waals surface area contributed by atoms with Crippen LogP contribution in [0.4, 0.5) is 0 Å². The molecule has 2 aromatic carbocycles. The van der Waals surface area contributed by atoms with E-state index in [1.54, 1.807) is 0 Å². The van der Waals surface area contributed by atoms with Crippen molar-refractivity contribution in [2.45, 2.75) is 13.0 Å². The lowest BCUT2D eigenvalue weighted by Crippen LogP contribution is -2.43. The van der Waals surface area contributed by atoms with Crippen molar-refractivity contribution in [3.63, 3.8) is 0 Å². The standard InChI is InChI=1S/C25H23N5O2S/c1-29-13-17(15-7-2-4-9-19(15)29)21-22(24(32)28-23(21)31)18-14-30(11-6-12-33-25(26)27)20-10-5-3-8-16(18)20/h2-5,7-10,13-14H,6,11-12H2,1H3,(H3,26,27)(H,28,31,32)/p+1. The number of nitrogens with zero attached hydrogens (tertiary/aromatic N) is 2. The van der Waals surface area contributed by atoms with Crippen LogP contribution in [0.2, 0.25) is 0 Å². The minimum absolute atomic E-state index is 0.360. The average Bonchev–Trinajstić information content (AvgIpc) is 3.42. The second-order valence-corrected chi connectivity index (χ2v) is 9.23. The van der Waals surface area contributed by atoms with Crippen molar-refractivity contribution in [1.29, 1.82) is 0 Å². The molecular weight excluding hydrogens is 434 g/mol. The van der Waals surface area contributed by atoms with Gasteiger partial charge in [0.25, 0.3) is 17.0 Å². The van der Waals surface area contributed by atoms with Crippen LogP contribution in [0.15, 0.2) is 60.9 Å². The summed E-state index contributed by atoms with van der Waals surface area (Å²) in [5.41, 5.74) is 9.92. The van der Waals surface area contributed by atoms with Crippen LogP contribution in [0, 0.1) is 0 Å². The molecule has 33 heavy (non-hydrogen) atoms. The summed E-state index contributed by atoms with van der Waals surface area (Å²) in [5.74, 6) is 0.0630. The summed E-state index contributed by atoms with van der Waals surface area (Å²) in [4.78, 5) is 26.1. The van der Waals surface area contributed by atoms with Crippen LogP contribution in [-0.2, 0) is 23.2 Å². The maximum atomic E-state index is 13.1. The number of amidine groups is 1. The SMILES string of the molecule is Cn1cc(C2=C(c3cn(CCCSC(N)=[NH2+])c4ccccc34)C(=O)NC2=O)c2ccccc21. The molecule has 1 aliphatic rings. The van der Waals surface area contributed by atoms with Gasteiger partial charge in [0, 0.05) is 64.7 Å². The van der Waals surface area contributed by atoms with E-state index in [1.165, 1.54) is 11.8 Å². The number of para-hydroxylation sites is 2. The third kappa shape index (κ3) is 3.62. The fourth-order valence-electron chi connectivity index (χ4n) is 4.57. The van der Waals surface area contributed by atoms with Crippen LogP contribution in [0.1, 0.15) is 17.5 Å². The summed E-state index contributed by atoms with van der Waals surface area (Å²) in [6.07, 6.45) is 4.76. The highest BCUT2D eigenvalue weighted by Gasteiger charge is 2.35. The molecule has 2 amide bonds. The molecule has 0 radical (unpaired) electrons. The zero-order valence-electron chi connectivity index (χ0n) is 18.2. The smallest absolute Gasteiger partial charge is 0.299 e. The van der Waals surface area contributed by atoms with Gasteiger partial charge in [0.05, 0.1) is 11.1 Å². The number of amides is 2. The molecule has 0 fully saturated rings. The van der Waals surface area contributed by atoms with Gasteiger partial charge in [0.15, 0.2) is 0 Å². The molecular formula is C25H24N5O2S+. The Hall–Kier alpha value is -3.78. The van der Waals surface area contributed by atoms with E-state index >= 15 is 0 Å². The van der Waals surface area contributed by atoms with Gasteiger partial charge >= 0.3 is 0 Å². The van der Waals surface area contributed by atoms with E-state index in [-0.39, 0.29) is 11.8 Å². The topological polar surface area (TPSA) is 108 Å². The first-order chi connectivity index (χ1) is 16.0. The molecule has 0 aliphatic carbocycles. The van der Waals surface area contributed by atoms with Crippen molar-refractivity contribution in [2.24, 2.45) is 12.8 Å². The highest BCUT2D eigenvalue weighted by Crippen LogP contribution is 2.38. The Labute approximate surface area is 194 Å². The minimum Gasteiger partial charge on any atom is -0.350 e. The number of nitrogens with one attached hydrogen (secondary N) is 1. The van der Waals surface area contributed by atoms with Crippen LogP contribution in [0.25, 0.3) is 33.0 Å². The largest absolute Gasteiger partial charge is 0.350 e. The van der Waals surface area contributed by atoms with E-state index in [9.17, 15) is 9.59 Å². The molecule has 0 bridgehead atoms. The maximum absolute atomic E-state index is 13.1. The first kappa shape index (κ1) is 21.1. The fourth-order valence-corrected chi connectivity index (χ4v) is 5.08. The first-order valence-corrected chi connectivity index (χ1v) is 11.7. The second-order valence-electron chi connectivity index (χ2n) is 8.06. The molecule has 4 aromatic rings. The van der Waals surface area contributed by atoms with Crippen molar-refractivity contribution in [1.82, 2.24) is 14.5 Å². The molecule has 8 heteroatoms. The molecule has 5 N–H and O–H groups in total. The highest BCUT2D eigenvalue weighted by atomic mass is 32.2. The number of hydrogen-bond acceptors (Lipinski definition) is 3. The summed E-state index contributed by atoms with van der Waals surface area (Å²) in [6.45, 7) is 0.743. The van der Waals surface area contributed by atoms with Gasteiger partial charge in [-0.2, -0.15) is 0 Å². The summed E-state index contributed by atoms with van der Waals surface area (Å²) in [7, 11) is 1.94. The lowest BCUT2D eigenvalue weighted by molar-refractivity contribution is -0.122. The highest BCUT2D eigenvalue weighted by molar-refractivity contribution is 8.13. The molecule has 2 aromatic heterocycles. The van der Waals surface area contributed by atoms with E-state index in [1.807, 2.05) is 72.5 Å². The number of thioether (sulfide) groups is 1. The molecule has 7 nitrogen and oxygen atoms in total. The van der Waals surface area contributed by atoms with Crippen LogP contribution in [-0.4, -0.2) is 31.9 Å². The van der Waals surface area contributed by atoms with Gasteiger partial charge in [0.1, 0.15) is 0 Å². The number of aromatic nitrogens is 2. The fraction of sp³-hybridized carbons (Fsp3) is 0.160. The Morgan fingerprint density at radius 2 is 1.52 bits per heavy atom. The zero-order valence-corrected chi connectivity index (χ0v) is 19.0. The monoisotopic (exact) mass is 458 g/mol. The van der Waals surface area contributed by atoms with Crippen molar-refractivity contribution in [3.05, 3.63) is 72.1 Å². The van der Waals surface area contributed by atoms with Gasteiger partial charge in [-0.05, 0) is 30.3 Å². The number of fused-ring (bicyclic) bond motifs is 2. The molecule has 0 spiro atoms. The quantitative estimate of drug-likeness (QED) is 0.177. The third-order valence-corrected chi connectivity index (χ3v) is 6.79. The van der Waals surface area contributed by atoms with Gasteiger partial charge in [-0.15, -0.1) is 0 Å². The number of imide groups is 1. The third-order valence-electron chi connectivity index (χ3n) is 5.97. The van der Waals surface area contributed by atoms with E-state index in [0.717, 1.165) is 51.7 Å². The molecule has 5 rings (SSSR count). The summed E-state index contributed by atoms with van der Waals surface area (Å²) >= 11 is 1.43. The molecule has 0 saturated heterocycles. The molecule has 1 aliphatic heterocycles. The number of carbonyl (C=O) groups excluding carboxylic acids is 2. The maximum Gasteiger partial charge on any atom is 0.299 e. The Morgan fingerprint density at radius 3 is 2.18 bits per heavy atom. The summed E-state index contributed by atoms with van der Waals surface area (Å²) in [6, 6.07) is 15.8. The van der Waals surface area contributed by atoms with Gasteiger partial charge in [-0.25, -0.2) is 0 Å². The molecule has 0 atom stereocenters. The Kier molecular flexibility index (Phi) is 5.30. The Balaban J connectivity index is 1.67. The predicted octanol–water partition coefficient (Wildman–Crippen LogP) is 1.90. The summed E-state index contributed by atoms with van der Waals surface area (Å²) < 4.78 is 4.11. The van der Waals surface area contributed by atoms with E-state index in [0.29, 0.717) is 16.3 Å². The normalized spacial score (nSPS) is 14.0. The summed E-state index contributed by atoms with van der Waals surface area (Å²) in [5, 5.41) is 10.3. The zero-order chi connectivity index (χ0) is 23.1. The van der Waals surface area contributed by atoms with Crippen LogP contribution >= 0.6 is 11.8 Å². The van der Waals surface area contributed by atoms with Gasteiger partial charge in [0.2, 0.25) is 0 Å². The molecule has 0 unspecified atom stereocenters. The van der Waals surface area contributed by atoms with Crippen LogP contribution in [0.5, 0.6) is 0 Å². The number of hydrogen-bond donors (Lipinski definition) is 3. The lowest BCUT2D eigenvalue weighted by atomic mass is 9.95.